The summed E-state index contributed by atoms with van der Waals surface area (Å²) in [7, 11) is -4.27. The van der Waals surface area contributed by atoms with Crippen molar-refractivity contribution in [2.45, 2.75) is 19.4 Å². The molecule has 0 amide bonds. The molecular weight excluding hydrogens is 419 g/mol. The van der Waals surface area contributed by atoms with E-state index in [4.69, 9.17) is 14.0 Å². The van der Waals surface area contributed by atoms with E-state index in [9.17, 15) is 22.4 Å². The summed E-state index contributed by atoms with van der Waals surface area (Å²) >= 11 is 0. The second-order valence-electron chi connectivity index (χ2n) is 6.71. The lowest BCUT2D eigenvalue weighted by Gasteiger charge is -2.27. The highest BCUT2D eigenvalue weighted by molar-refractivity contribution is 7.85. The van der Waals surface area contributed by atoms with E-state index in [0.717, 1.165) is 17.7 Å². The Morgan fingerprint density at radius 1 is 1.07 bits per heavy atom. The molecule has 162 valence electrons. The molecule has 2 rings (SSSR count). The number of carbonyl (C=O) groups excluding carboxylic acids is 2. The average Bonchev–Trinajstić information content (AvgIpc) is 2.67. The lowest BCUT2D eigenvalue weighted by molar-refractivity contribution is -0.146. The number of hydrogen-bond acceptors (Lipinski definition) is 7. The zero-order chi connectivity index (χ0) is 22.4. The van der Waals surface area contributed by atoms with E-state index in [1.165, 1.54) is 6.07 Å². The molecule has 0 aliphatic heterocycles. The van der Waals surface area contributed by atoms with Crippen LogP contribution in [0.2, 0.25) is 0 Å². The van der Waals surface area contributed by atoms with Gasteiger partial charge in [-0.2, -0.15) is 8.42 Å². The molecule has 0 radical (unpaired) electrons. The molecule has 0 bridgehead atoms. The van der Waals surface area contributed by atoms with Gasteiger partial charge in [0.1, 0.15) is 18.0 Å². The monoisotopic (exact) mass is 440 g/mol. The van der Waals surface area contributed by atoms with Crippen molar-refractivity contribution in [3.8, 4) is 5.75 Å². The molecule has 1 N–H and O–H groups in total. The van der Waals surface area contributed by atoms with Crippen molar-refractivity contribution in [2.75, 3.05) is 19.0 Å². The highest BCUT2D eigenvalue weighted by Gasteiger charge is 2.25. The molecule has 0 saturated carbocycles. The largest absolute Gasteiger partial charge is 0.480 e. The van der Waals surface area contributed by atoms with Crippen LogP contribution in [-0.2, 0) is 30.0 Å². The lowest BCUT2D eigenvalue weighted by atomic mass is 9.98. The Kier molecular flexibility index (Phi) is 7.52. The van der Waals surface area contributed by atoms with Gasteiger partial charge in [0.15, 0.2) is 18.2 Å². The highest BCUT2D eigenvalue weighted by Crippen LogP contribution is 2.30. The van der Waals surface area contributed by atoms with E-state index < -0.39 is 52.4 Å². The molecule has 0 fully saturated rings. The van der Waals surface area contributed by atoms with Gasteiger partial charge in [-0.3, -0.25) is 4.55 Å². The van der Waals surface area contributed by atoms with Gasteiger partial charge >= 0.3 is 11.9 Å². The number of halogens is 1. The Labute approximate surface area is 173 Å². The first kappa shape index (κ1) is 23.3. The average molecular weight is 440 g/mol. The summed E-state index contributed by atoms with van der Waals surface area (Å²) in [6.45, 7) is 2.12. The number of rotatable bonds is 9. The van der Waals surface area contributed by atoms with Gasteiger partial charge < -0.3 is 14.2 Å². The van der Waals surface area contributed by atoms with Crippen molar-refractivity contribution in [3.63, 3.8) is 0 Å². The summed E-state index contributed by atoms with van der Waals surface area (Å²) in [4.78, 5) is 23.6. The summed E-state index contributed by atoms with van der Waals surface area (Å²) in [5, 5.41) is 0. The number of benzene rings is 2. The van der Waals surface area contributed by atoms with Crippen LogP contribution in [0.5, 0.6) is 5.75 Å². The quantitative estimate of drug-likeness (QED) is 0.467. The van der Waals surface area contributed by atoms with E-state index >= 15 is 0 Å². The maximum Gasteiger partial charge on any atom is 0.344 e. The second-order valence-corrected chi connectivity index (χ2v) is 8.28. The maximum atomic E-state index is 14.2. The molecule has 0 aliphatic rings. The van der Waals surface area contributed by atoms with Gasteiger partial charge in [-0.15, -0.1) is 0 Å². The van der Waals surface area contributed by atoms with Gasteiger partial charge in [-0.25, -0.2) is 14.0 Å². The first-order chi connectivity index (χ1) is 14.0. The Morgan fingerprint density at radius 3 is 2.37 bits per heavy atom. The lowest BCUT2D eigenvalue weighted by Crippen LogP contribution is -2.26. The molecule has 2 aromatic carbocycles. The van der Waals surface area contributed by atoms with E-state index in [1.807, 2.05) is 30.3 Å². The van der Waals surface area contributed by atoms with Crippen molar-refractivity contribution in [1.29, 1.82) is 0 Å². The molecule has 0 saturated heterocycles. The summed E-state index contributed by atoms with van der Waals surface area (Å²) in [5.41, 5.74) is -0.146. The van der Waals surface area contributed by atoms with Gasteiger partial charge in [0.25, 0.3) is 10.1 Å². The van der Waals surface area contributed by atoms with E-state index in [0.29, 0.717) is 0 Å². The Hall–Kier alpha value is -2.98. The van der Waals surface area contributed by atoms with Crippen LogP contribution in [0.25, 0.3) is 0 Å². The van der Waals surface area contributed by atoms with Crippen molar-refractivity contribution in [3.05, 3.63) is 65.5 Å². The third-order valence-electron chi connectivity index (χ3n) is 3.93. The van der Waals surface area contributed by atoms with Crippen molar-refractivity contribution in [2.24, 2.45) is 0 Å². The van der Waals surface area contributed by atoms with Crippen LogP contribution in [0.1, 0.15) is 29.8 Å². The molecular formula is C20H21FO8S. The molecule has 0 unspecified atom stereocenters. The summed E-state index contributed by atoms with van der Waals surface area (Å²) < 4.78 is 58.9. The fourth-order valence-electron chi connectivity index (χ4n) is 2.39. The molecule has 10 heteroatoms. The Balaban J connectivity index is 2.00. The van der Waals surface area contributed by atoms with Gasteiger partial charge in [0.2, 0.25) is 0 Å². The second kappa shape index (κ2) is 9.68. The van der Waals surface area contributed by atoms with Gasteiger partial charge in [-0.05, 0) is 37.6 Å². The molecule has 0 spiro atoms. The van der Waals surface area contributed by atoms with Crippen molar-refractivity contribution < 1.29 is 41.2 Å². The van der Waals surface area contributed by atoms with Crippen LogP contribution in [-0.4, -0.2) is 43.9 Å². The summed E-state index contributed by atoms with van der Waals surface area (Å²) in [5.74, 6) is -3.56. The normalized spacial score (nSPS) is 11.6. The van der Waals surface area contributed by atoms with E-state index in [-0.39, 0.29) is 11.3 Å². The first-order valence-electron chi connectivity index (χ1n) is 8.80. The molecule has 0 heterocycles. The smallest absolute Gasteiger partial charge is 0.344 e. The highest BCUT2D eigenvalue weighted by atomic mass is 32.2. The molecule has 8 nitrogen and oxygen atoms in total. The van der Waals surface area contributed by atoms with Gasteiger partial charge in [0.05, 0.1) is 5.56 Å². The first-order valence-corrected chi connectivity index (χ1v) is 10.4. The predicted octanol–water partition coefficient (Wildman–Crippen LogP) is 2.73. The maximum absolute atomic E-state index is 14.2. The number of carbonyl (C=O) groups is 2. The Morgan fingerprint density at radius 2 is 1.73 bits per heavy atom. The molecule has 0 aliphatic carbocycles. The number of esters is 2. The van der Waals surface area contributed by atoms with Crippen LogP contribution in [0.15, 0.2) is 48.5 Å². The SMILES string of the molecule is CC(C)(Oc1cc(C(=O)OCC(=O)OCCS(=O)(=O)O)ccc1F)c1ccccc1. The third kappa shape index (κ3) is 7.12. The van der Waals surface area contributed by atoms with Gasteiger partial charge in [-0.1, -0.05) is 30.3 Å². The minimum absolute atomic E-state index is 0.0546. The molecule has 0 atom stereocenters. The molecule has 0 aromatic heterocycles. The van der Waals surface area contributed by atoms with E-state index in [2.05, 4.69) is 4.74 Å². The van der Waals surface area contributed by atoms with Gasteiger partial charge in [0, 0.05) is 0 Å². The van der Waals surface area contributed by atoms with Crippen LogP contribution in [0, 0.1) is 5.82 Å². The third-order valence-corrected chi connectivity index (χ3v) is 4.61. The predicted molar refractivity (Wildman–Crippen MR) is 104 cm³/mol. The fraction of sp³-hybridized carbons (Fsp3) is 0.300. The van der Waals surface area contributed by atoms with Crippen LogP contribution in [0.4, 0.5) is 4.39 Å². The standard InChI is InChI=1S/C20H21FO8S/c1-20(2,15-6-4-3-5-7-15)29-17-12-14(8-9-16(17)21)19(23)28-13-18(22)27-10-11-30(24,25)26/h3-9,12H,10-11,13H2,1-2H3,(H,24,25,26). The zero-order valence-electron chi connectivity index (χ0n) is 16.3. The van der Waals surface area contributed by atoms with Crippen LogP contribution >= 0.6 is 0 Å². The summed E-state index contributed by atoms with van der Waals surface area (Å²) in [6, 6.07) is 12.5. The van der Waals surface area contributed by atoms with Crippen LogP contribution in [0.3, 0.4) is 0 Å². The summed E-state index contributed by atoms with van der Waals surface area (Å²) in [6.07, 6.45) is 0. The van der Waals surface area contributed by atoms with Crippen molar-refractivity contribution in [1.82, 2.24) is 0 Å². The Bertz CT molecular complexity index is 1000. The molecule has 30 heavy (non-hydrogen) atoms. The number of hydrogen-bond donors (Lipinski definition) is 1. The molecule has 2 aromatic rings. The fourth-order valence-corrected chi connectivity index (χ4v) is 2.69. The topological polar surface area (TPSA) is 116 Å². The van der Waals surface area contributed by atoms with Crippen molar-refractivity contribution >= 4 is 22.1 Å². The minimum Gasteiger partial charge on any atom is -0.480 e. The number of ether oxygens (including phenoxy) is 3. The zero-order valence-corrected chi connectivity index (χ0v) is 17.1. The van der Waals surface area contributed by atoms with Crippen LogP contribution < -0.4 is 4.74 Å². The minimum atomic E-state index is -4.27. The van der Waals surface area contributed by atoms with E-state index in [1.54, 1.807) is 13.8 Å².